The van der Waals surface area contributed by atoms with Crippen LogP contribution < -0.4 is 10.2 Å². The second kappa shape index (κ2) is 5.79. The Kier molecular flexibility index (Phi) is 3.75. The number of para-hydroxylation sites is 1. The molecular formula is C19H12F3N3OS. The van der Waals surface area contributed by atoms with Gasteiger partial charge in [0.05, 0.1) is 5.69 Å². The van der Waals surface area contributed by atoms with Crippen LogP contribution in [0, 0.1) is 18.3 Å². The molecule has 0 bridgehead atoms. The lowest BCUT2D eigenvalue weighted by Crippen LogP contribution is -2.68. The van der Waals surface area contributed by atoms with Crippen molar-refractivity contribution in [2.24, 2.45) is 0 Å². The number of rotatable bonds is 1. The average Bonchev–Trinajstić information content (AvgIpc) is 3.00. The quantitative estimate of drug-likeness (QED) is 0.797. The molecule has 1 atom stereocenters. The van der Waals surface area contributed by atoms with E-state index in [0.717, 1.165) is 22.2 Å². The van der Waals surface area contributed by atoms with Crippen LogP contribution >= 0.6 is 11.8 Å². The first-order valence-electron chi connectivity index (χ1n) is 7.97. The summed E-state index contributed by atoms with van der Waals surface area (Å²) in [6.45, 7) is 1.77. The van der Waals surface area contributed by atoms with Gasteiger partial charge in [0.25, 0.3) is 5.91 Å². The van der Waals surface area contributed by atoms with Gasteiger partial charge < -0.3 is 5.32 Å². The minimum absolute atomic E-state index is 0.0136. The fourth-order valence-electron chi connectivity index (χ4n) is 3.32. The molecule has 2 aliphatic rings. The Labute approximate surface area is 157 Å². The zero-order chi connectivity index (χ0) is 19.4. The van der Waals surface area contributed by atoms with Gasteiger partial charge in [0.15, 0.2) is 0 Å². The molecule has 0 fully saturated rings. The Bertz CT molecular complexity index is 1020. The minimum atomic E-state index is -4.85. The van der Waals surface area contributed by atoms with Crippen LogP contribution in [0.2, 0.25) is 0 Å². The van der Waals surface area contributed by atoms with Gasteiger partial charge in [-0.3, -0.25) is 9.69 Å². The highest BCUT2D eigenvalue weighted by Gasteiger charge is 2.66. The van der Waals surface area contributed by atoms with Gasteiger partial charge in [0.2, 0.25) is 5.66 Å². The van der Waals surface area contributed by atoms with Crippen LogP contribution in [0.4, 0.5) is 18.9 Å². The minimum Gasteiger partial charge on any atom is -0.317 e. The van der Waals surface area contributed by atoms with Gasteiger partial charge in [-0.1, -0.05) is 53.7 Å². The summed E-state index contributed by atoms with van der Waals surface area (Å²) in [6.07, 6.45) is -4.85. The zero-order valence-corrected chi connectivity index (χ0v) is 14.8. The Morgan fingerprint density at radius 3 is 2.44 bits per heavy atom. The monoisotopic (exact) mass is 387 g/mol. The topological polar surface area (TPSA) is 56.1 Å². The molecule has 8 heteroatoms. The van der Waals surface area contributed by atoms with Crippen LogP contribution in [-0.4, -0.2) is 12.1 Å². The van der Waals surface area contributed by atoms with Gasteiger partial charge in [-0.15, -0.1) is 0 Å². The average molecular weight is 387 g/mol. The molecule has 4 nitrogen and oxygen atoms in total. The van der Waals surface area contributed by atoms with E-state index in [9.17, 15) is 23.2 Å². The lowest BCUT2D eigenvalue weighted by Gasteiger charge is -2.47. The third-order valence-corrected chi connectivity index (χ3v) is 5.72. The maximum atomic E-state index is 14.5. The van der Waals surface area contributed by atoms with Crippen LogP contribution in [0.25, 0.3) is 0 Å². The summed E-state index contributed by atoms with van der Waals surface area (Å²) in [5, 5.41) is 11.5. The number of hydrogen-bond acceptors (Lipinski definition) is 4. The van der Waals surface area contributed by atoms with E-state index in [1.54, 1.807) is 49.4 Å². The number of alkyl halides is 3. The maximum Gasteiger partial charge on any atom is 0.435 e. The van der Waals surface area contributed by atoms with E-state index >= 15 is 0 Å². The fraction of sp³-hybridized carbons (Fsp3) is 0.158. The van der Waals surface area contributed by atoms with Crippen molar-refractivity contribution >= 4 is 23.4 Å². The van der Waals surface area contributed by atoms with E-state index in [0.29, 0.717) is 10.6 Å². The molecule has 0 spiro atoms. The van der Waals surface area contributed by atoms with E-state index in [1.165, 1.54) is 12.1 Å². The summed E-state index contributed by atoms with van der Waals surface area (Å²) in [4.78, 5) is 14.1. The largest absolute Gasteiger partial charge is 0.435 e. The van der Waals surface area contributed by atoms with Crippen molar-refractivity contribution in [3.8, 4) is 6.07 Å². The molecule has 0 saturated carbocycles. The van der Waals surface area contributed by atoms with E-state index < -0.39 is 17.7 Å². The Balaban J connectivity index is 2.08. The SMILES string of the molecule is Cc1ccc([C@]2(C(F)(F)F)NC(=O)C(C#N)=C3Sc4ccccc4N32)cc1. The van der Waals surface area contributed by atoms with Crippen molar-refractivity contribution in [2.75, 3.05) is 4.90 Å². The summed E-state index contributed by atoms with van der Waals surface area (Å²) in [5.74, 6) is -1.04. The number of anilines is 1. The van der Waals surface area contributed by atoms with E-state index in [-0.39, 0.29) is 16.2 Å². The number of aryl methyl sites for hydroxylation is 1. The second-order valence-electron chi connectivity index (χ2n) is 6.23. The molecule has 0 aliphatic carbocycles. The Hall–Kier alpha value is -2.92. The molecule has 0 unspecified atom stereocenters. The highest BCUT2D eigenvalue weighted by atomic mass is 32.2. The van der Waals surface area contributed by atoms with Crippen molar-refractivity contribution in [3.63, 3.8) is 0 Å². The standard InChI is InChI=1S/C19H12F3N3OS/c1-11-6-8-12(9-7-11)18(19(20,21)22)24-16(26)13(10-23)17-25(18)14-4-2-3-5-15(14)27-17/h2-9H,1H3,(H,24,26)/t18-/m0/s1. The number of hydrogen-bond donors (Lipinski definition) is 1. The van der Waals surface area contributed by atoms with Crippen LogP contribution in [0.3, 0.4) is 0 Å². The molecule has 4 rings (SSSR count). The van der Waals surface area contributed by atoms with Gasteiger partial charge in [0.1, 0.15) is 16.7 Å². The maximum absolute atomic E-state index is 14.5. The third kappa shape index (κ3) is 2.35. The first-order chi connectivity index (χ1) is 12.8. The molecule has 2 aliphatic heterocycles. The molecule has 136 valence electrons. The van der Waals surface area contributed by atoms with Crippen LogP contribution in [-0.2, 0) is 10.5 Å². The highest BCUT2D eigenvalue weighted by Crippen LogP contribution is 2.57. The molecule has 0 aromatic heterocycles. The number of benzene rings is 2. The normalized spacial score (nSPS) is 21.4. The number of amides is 1. The fourth-order valence-corrected chi connectivity index (χ4v) is 4.50. The molecule has 2 heterocycles. The van der Waals surface area contributed by atoms with Gasteiger partial charge in [-0.2, -0.15) is 18.4 Å². The predicted molar refractivity (Wildman–Crippen MR) is 94.5 cm³/mol. The molecule has 2 aromatic rings. The lowest BCUT2D eigenvalue weighted by atomic mass is 9.92. The van der Waals surface area contributed by atoms with Crippen molar-refractivity contribution < 1.29 is 18.0 Å². The van der Waals surface area contributed by atoms with Crippen molar-refractivity contribution in [2.45, 2.75) is 23.7 Å². The number of nitrogens with one attached hydrogen (secondary N) is 1. The van der Waals surface area contributed by atoms with Crippen LogP contribution in [0.1, 0.15) is 11.1 Å². The summed E-state index contributed by atoms with van der Waals surface area (Å²) >= 11 is 0.995. The number of nitrogens with zero attached hydrogens (tertiary/aromatic N) is 2. The number of carbonyl (C=O) groups excluding carboxylic acids is 1. The first kappa shape index (κ1) is 17.5. The van der Waals surface area contributed by atoms with Gasteiger partial charge >= 0.3 is 6.18 Å². The summed E-state index contributed by atoms with van der Waals surface area (Å²) in [6, 6.07) is 14.1. The number of nitriles is 1. The Morgan fingerprint density at radius 1 is 1.15 bits per heavy atom. The molecule has 1 amide bonds. The lowest BCUT2D eigenvalue weighted by molar-refractivity contribution is -0.201. The first-order valence-corrected chi connectivity index (χ1v) is 8.79. The highest BCUT2D eigenvalue weighted by molar-refractivity contribution is 8.03. The van der Waals surface area contributed by atoms with Gasteiger partial charge in [-0.25, -0.2) is 0 Å². The molecular weight excluding hydrogens is 375 g/mol. The summed E-state index contributed by atoms with van der Waals surface area (Å²) in [5.41, 5.74) is -2.16. The smallest absolute Gasteiger partial charge is 0.317 e. The van der Waals surface area contributed by atoms with Crippen molar-refractivity contribution in [3.05, 3.63) is 70.3 Å². The van der Waals surface area contributed by atoms with E-state index in [1.807, 2.05) is 0 Å². The number of carbonyl (C=O) groups is 1. The van der Waals surface area contributed by atoms with E-state index in [4.69, 9.17) is 0 Å². The molecule has 0 saturated heterocycles. The third-order valence-electron chi connectivity index (χ3n) is 4.58. The predicted octanol–water partition coefficient (Wildman–Crippen LogP) is 4.19. The Morgan fingerprint density at radius 2 is 1.81 bits per heavy atom. The van der Waals surface area contributed by atoms with Crippen LogP contribution in [0.5, 0.6) is 0 Å². The number of fused-ring (bicyclic) bond motifs is 3. The zero-order valence-electron chi connectivity index (χ0n) is 14.0. The molecule has 27 heavy (non-hydrogen) atoms. The molecule has 2 aromatic carbocycles. The van der Waals surface area contributed by atoms with Crippen molar-refractivity contribution in [1.29, 1.82) is 5.26 Å². The number of thioether (sulfide) groups is 1. The molecule has 1 N–H and O–H groups in total. The summed E-state index contributed by atoms with van der Waals surface area (Å²) in [7, 11) is 0. The molecule has 0 radical (unpaired) electrons. The number of halogens is 3. The summed E-state index contributed by atoms with van der Waals surface area (Å²) < 4.78 is 43.6. The second-order valence-corrected chi connectivity index (χ2v) is 7.26. The van der Waals surface area contributed by atoms with Crippen LogP contribution in [0.15, 0.2) is 64.0 Å². The van der Waals surface area contributed by atoms with Crippen molar-refractivity contribution in [1.82, 2.24) is 5.32 Å². The van der Waals surface area contributed by atoms with E-state index in [2.05, 4.69) is 5.32 Å². The van der Waals surface area contributed by atoms with Gasteiger partial charge in [0, 0.05) is 10.5 Å². The van der Waals surface area contributed by atoms with Gasteiger partial charge in [-0.05, 0) is 19.1 Å².